The molecule has 2 aromatic rings. The highest BCUT2D eigenvalue weighted by molar-refractivity contribution is 5.94. The predicted molar refractivity (Wildman–Crippen MR) is 114 cm³/mol. The third kappa shape index (κ3) is 6.01. The average Bonchev–Trinajstić information content (AvgIpc) is 2.70. The van der Waals surface area contributed by atoms with Gasteiger partial charge >= 0.3 is 0 Å². The van der Waals surface area contributed by atoms with Crippen LogP contribution in [0.4, 0.5) is 0 Å². The van der Waals surface area contributed by atoms with Gasteiger partial charge in [0, 0.05) is 45.4 Å². The van der Waals surface area contributed by atoms with Gasteiger partial charge in [-0.15, -0.1) is 0 Å². The van der Waals surface area contributed by atoms with Crippen LogP contribution in [0.25, 0.3) is 0 Å². The minimum Gasteiger partial charge on any atom is -0.496 e. The van der Waals surface area contributed by atoms with Crippen molar-refractivity contribution in [2.24, 2.45) is 4.99 Å². The zero-order valence-corrected chi connectivity index (χ0v) is 17.4. The molecular formula is C22H30N4O2. The molecule has 2 rings (SSSR count). The molecule has 1 amide bonds. The van der Waals surface area contributed by atoms with Crippen LogP contribution in [-0.4, -0.2) is 51.6 Å². The zero-order valence-electron chi connectivity index (χ0n) is 17.4. The van der Waals surface area contributed by atoms with E-state index in [2.05, 4.69) is 27.8 Å². The summed E-state index contributed by atoms with van der Waals surface area (Å²) in [5.74, 6) is 1.60. The molecule has 0 unspecified atom stereocenters. The highest BCUT2D eigenvalue weighted by Crippen LogP contribution is 2.19. The Morgan fingerprint density at radius 3 is 2.61 bits per heavy atom. The number of nitrogens with one attached hydrogen (secondary N) is 2. The van der Waals surface area contributed by atoms with Gasteiger partial charge in [-0.1, -0.05) is 24.3 Å². The first-order valence-electron chi connectivity index (χ1n) is 9.33. The quantitative estimate of drug-likeness (QED) is 0.571. The summed E-state index contributed by atoms with van der Waals surface area (Å²) in [5, 5.41) is 6.62. The number of aryl methyl sites for hydroxylation is 1. The van der Waals surface area contributed by atoms with Gasteiger partial charge in [0.05, 0.1) is 7.11 Å². The largest absolute Gasteiger partial charge is 0.496 e. The summed E-state index contributed by atoms with van der Waals surface area (Å²) in [6, 6.07) is 13.9. The number of carbonyl (C=O) groups excluding carboxylic acids is 1. The van der Waals surface area contributed by atoms with Crippen molar-refractivity contribution in [1.29, 1.82) is 0 Å². The first-order chi connectivity index (χ1) is 13.4. The number of nitrogens with zero attached hydrogens (tertiary/aromatic N) is 2. The molecule has 0 atom stereocenters. The van der Waals surface area contributed by atoms with Gasteiger partial charge in [0.2, 0.25) is 0 Å². The van der Waals surface area contributed by atoms with Gasteiger partial charge in [-0.25, -0.2) is 0 Å². The molecule has 150 valence electrons. The highest BCUT2D eigenvalue weighted by Gasteiger charge is 2.08. The zero-order chi connectivity index (χ0) is 20.5. The summed E-state index contributed by atoms with van der Waals surface area (Å²) in [6.45, 7) is 3.38. The maximum absolute atomic E-state index is 12.1. The van der Waals surface area contributed by atoms with Gasteiger partial charge in [-0.2, -0.15) is 0 Å². The second-order valence-corrected chi connectivity index (χ2v) is 6.82. The first-order valence-corrected chi connectivity index (χ1v) is 9.33. The second-order valence-electron chi connectivity index (χ2n) is 6.82. The molecule has 0 aliphatic heterocycles. The number of methoxy groups -OCH3 is 1. The van der Waals surface area contributed by atoms with Crippen LogP contribution in [0.1, 0.15) is 27.0 Å². The van der Waals surface area contributed by atoms with E-state index in [1.165, 1.54) is 0 Å². The van der Waals surface area contributed by atoms with Crippen molar-refractivity contribution in [2.45, 2.75) is 19.9 Å². The number of amides is 1. The van der Waals surface area contributed by atoms with Crippen LogP contribution in [0.15, 0.2) is 47.5 Å². The van der Waals surface area contributed by atoms with Crippen LogP contribution in [0, 0.1) is 6.92 Å². The van der Waals surface area contributed by atoms with E-state index in [0.29, 0.717) is 18.7 Å². The van der Waals surface area contributed by atoms with Crippen LogP contribution in [0.5, 0.6) is 5.75 Å². The van der Waals surface area contributed by atoms with Crippen LogP contribution in [-0.2, 0) is 13.0 Å². The molecule has 0 aromatic heterocycles. The standard InChI is InChI=1S/C22H30N4O2/c1-16-9-10-19(20(13-16)28-5)15-25-22(23-2)24-12-11-17-7-6-8-18(14-17)21(27)26(3)4/h6-10,13-14H,11-12,15H2,1-5H3,(H2,23,24,25). The van der Waals surface area contributed by atoms with Crippen LogP contribution in [0.3, 0.4) is 0 Å². The lowest BCUT2D eigenvalue weighted by atomic mass is 10.1. The molecule has 2 N–H and O–H groups in total. The molecule has 0 radical (unpaired) electrons. The summed E-state index contributed by atoms with van der Waals surface area (Å²) in [6.07, 6.45) is 0.795. The minimum absolute atomic E-state index is 0.0133. The lowest BCUT2D eigenvalue weighted by Crippen LogP contribution is -2.37. The summed E-state index contributed by atoms with van der Waals surface area (Å²) >= 11 is 0. The molecule has 0 heterocycles. The normalized spacial score (nSPS) is 11.1. The Morgan fingerprint density at radius 1 is 1.14 bits per heavy atom. The molecule has 6 nitrogen and oxygen atoms in total. The fraction of sp³-hybridized carbons (Fsp3) is 0.364. The molecule has 6 heteroatoms. The number of benzene rings is 2. The van der Waals surface area contributed by atoms with Gasteiger partial charge in [-0.05, 0) is 42.7 Å². The van der Waals surface area contributed by atoms with Crippen molar-refractivity contribution in [2.75, 3.05) is 34.8 Å². The number of rotatable bonds is 7. The van der Waals surface area contributed by atoms with Crippen molar-refractivity contribution in [3.05, 3.63) is 64.7 Å². The van der Waals surface area contributed by atoms with E-state index in [1.54, 1.807) is 33.2 Å². The van der Waals surface area contributed by atoms with Gasteiger partial charge in [0.1, 0.15) is 5.75 Å². The minimum atomic E-state index is 0.0133. The Hall–Kier alpha value is -3.02. The number of hydrogen-bond acceptors (Lipinski definition) is 3. The molecular weight excluding hydrogens is 352 g/mol. The van der Waals surface area contributed by atoms with Gasteiger partial charge in [-0.3, -0.25) is 9.79 Å². The molecule has 0 fully saturated rings. The Labute approximate surface area is 167 Å². The second kappa shape index (κ2) is 10.3. The maximum atomic E-state index is 12.1. The fourth-order valence-corrected chi connectivity index (χ4v) is 2.84. The Morgan fingerprint density at radius 2 is 1.93 bits per heavy atom. The van der Waals surface area contributed by atoms with Crippen molar-refractivity contribution in [1.82, 2.24) is 15.5 Å². The van der Waals surface area contributed by atoms with E-state index in [4.69, 9.17) is 4.74 Å². The van der Waals surface area contributed by atoms with E-state index >= 15 is 0 Å². The SMILES string of the molecule is CN=C(NCCc1cccc(C(=O)N(C)C)c1)NCc1ccc(C)cc1OC. The molecule has 0 aliphatic rings. The summed E-state index contributed by atoms with van der Waals surface area (Å²) in [5.41, 5.74) is 4.05. The number of aliphatic imine (C=N–C) groups is 1. The number of hydrogen-bond donors (Lipinski definition) is 2. The lowest BCUT2D eigenvalue weighted by Gasteiger charge is -2.15. The van der Waals surface area contributed by atoms with E-state index in [-0.39, 0.29) is 5.91 Å². The van der Waals surface area contributed by atoms with Crippen molar-refractivity contribution >= 4 is 11.9 Å². The molecule has 0 saturated heterocycles. The molecule has 0 bridgehead atoms. The molecule has 28 heavy (non-hydrogen) atoms. The van der Waals surface area contributed by atoms with E-state index in [1.807, 2.05) is 37.3 Å². The van der Waals surface area contributed by atoms with E-state index < -0.39 is 0 Å². The first kappa shape index (κ1) is 21.3. The number of ether oxygens (including phenoxy) is 1. The van der Waals surface area contributed by atoms with Crippen molar-refractivity contribution in [3.8, 4) is 5.75 Å². The van der Waals surface area contributed by atoms with Gasteiger partial charge < -0.3 is 20.3 Å². The average molecular weight is 383 g/mol. The predicted octanol–water partition coefficient (Wildman–Crippen LogP) is 2.61. The molecule has 0 spiro atoms. The monoisotopic (exact) mass is 382 g/mol. The highest BCUT2D eigenvalue weighted by atomic mass is 16.5. The molecule has 0 saturated carbocycles. The number of guanidine groups is 1. The summed E-state index contributed by atoms with van der Waals surface area (Å²) < 4.78 is 5.45. The van der Waals surface area contributed by atoms with Gasteiger partial charge in [0.15, 0.2) is 5.96 Å². The van der Waals surface area contributed by atoms with E-state index in [9.17, 15) is 4.79 Å². The lowest BCUT2D eigenvalue weighted by molar-refractivity contribution is 0.0827. The van der Waals surface area contributed by atoms with Crippen molar-refractivity contribution in [3.63, 3.8) is 0 Å². The Kier molecular flexibility index (Phi) is 7.87. The van der Waals surface area contributed by atoms with Crippen LogP contribution in [0.2, 0.25) is 0 Å². The van der Waals surface area contributed by atoms with Crippen molar-refractivity contribution < 1.29 is 9.53 Å². The summed E-state index contributed by atoms with van der Waals surface area (Å²) in [7, 11) is 6.95. The fourth-order valence-electron chi connectivity index (χ4n) is 2.84. The maximum Gasteiger partial charge on any atom is 0.253 e. The van der Waals surface area contributed by atoms with Gasteiger partial charge in [0.25, 0.3) is 5.91 Å². The van der Waals surface area contributed by atoms with Crippen LogP contribution < -0.4 is 15.4 Å². The smallest absolute Gasteiger partial charge is 0.253 e. The Balaban J connectivity index is 1.88. The molecule has 0 aliphatic carbocycles. The van der Waals surface area contributed by atoms with Crippen LogP contribution >= 0.6 is 0 Å². The topological polar surface area (TPSA) is 66.0 Å². The van der Waals surface area contributed by atoms with E-state index in [0.717, 1.165) is 34.8 Å². The number of carbonyl (C=O) groups is 1. The molecule has 2 aromatic carbocycles. The third-order valence-corrected chi connectivity index (χ3v) is 4.40. The third-order valence-electron chi connectivity index (χ3n) is 4.40. The summed E-state index contributed by atoms with van der Waals surface area (Å²) in [4.78, 5) is 17.9. The Bertz CT molecular complexity index is 831.